The quantitative estimate of drug-likeness (QED) is 0.545. The van der Waals surface area contributed by atoms with E-state index >= 15 is 0 Å². The van der Waals surface area contributed by atoms with Gasteiger partial charge in [-0.1, -0.05) is 0 Å². The molecule has 0 aliphatic heterocycles. The standard InChI is InChI=1S/C5H11.Hg/c1-3-5-4-2;/h1,3-5H2,2H3;. The molecule has 0 aliphatic rings. The molecule has 0 amide bonds. The van der Waals surface area contributed by atoms with Crippen molar-refractivity contribution in [3.05, 3.63) is 0 Å². The molecule has 0 fully saturated rings. The first-order valence-corrected chi connectivity index (χ1v) is 6.59. The van der Waals surface area contributed by atoms with Gasteiger partial charge in [0.25, 0.3) is 0 Å². The van der Waals surface area contributed by atoms with Crippen molar-refractivity contribution >= 4 is 0 Å². The molecule has 0 bridgehead atoms. The molecule has 0 aromatic rings. The summed E-state index contributed by atoms with van der Waals surface area (Å²) in [5.41, 5.74) is 0. The van der Waals surface area contributed by atoms with E-state index in [-0.39, 0.29) is 0 Å². The van der Waals surface area contributed by atoms with Gasteiger partial charge in [0.05, 0.1) is 0 Å². The van der Waals surface area contributed by atoms with Gasteiger partial charge in [0.2, 0.25) is 0 Å². The van der Waals surface area contributed by atoms with E-state index in [9.17, 15) is 0 Å². The van der Waals surface area contributed by atoms with Crippen LogP contribution < -0.4 is 0 Å². The van der Waals surface area contributed by atoms with Gasteiger partial charge in [-0.25, -0.2) is 0 Å². The summed E-state index contributed by atoms with van der Waals surface area (Å²) in [5.74, 6) is 0. The first-order chi connectivity index (χ1) is 2.91. The third-order valence-corrected chi connectivity index (χ3v) is 2.80. The normalized spacial score (nSPS) is 9.17. The third-order valence-electron chi connectivity index (χ3n) is 0.854. The Hall–Kier alpha value is 0.935. The fraction of sp³-hybridized carbons (Fsp3) is 1.00. The van der Waals surface area contributed by atoms with Gasteiger partial charge in [0, 0.05) is 0 Å². The molecule has 6 heavy (non-hydrogen) atoms. The molecule has 0 heterocycles. The summed E-state index contributed by atoms with van der Waals surface area (Å²) in [4.78, 5) is 0. The van der Waals surface area contributed by atoms with Crippen molar-refractivity contribution in [2.24, 2.45) is 0 Å². The van der Waals surface area contributed by atoms with Gasteiger partial charge >= 0.3 is 56.2 Å². The monoisotopic (exact) mass is 273 g/mol. The van der Waals surface area contributed by atoms with Crippen LogP contribution >= 0.6 is 0 Å². The zero-order valence-corrected chi connectivity index (χ0v) is 10.0. The van der Waals surface area contributed by atoms with Crippen LogP contribution in [0.5, 0.6) is 0 Å². The van der Waals surface area contributed by atoms with Gasteiger partial charge in [0.15, 0.2) is 0 Å². The molecule has 0 spiro atoms. The third kappa shape index (κ3) is 4.94. The van der Waals surface area contributed by atoms with Crippen molar-refractivity contribution in [1.29, 1.82) is 0 Å². The maximum atomic E-state index is 2.25. The van der Waals surface area contributed by atoms with Crippen LogP contribution in [-0.2, 0) is 26.1 Å². The second-order valence-corrected chi connectivity index (χ2v) is 4.31. The number of hydrogen-bond donors (Lipinski definition) is 0. The Balaban J connectivity index is 2.34. The maximum absolute atomic E-state index is 2.25. The van der Waals surface area contributed by atoms with Crippen LogP contribution in [0.3, 0.4) is 0 Å². The van der Waals surface area contributed by atoms with Crippen molar-refractivity contribution in [2.75, 3.05) is 0 Å². The Kier molecular flexibility index (Phi) is 6.86. The van der Waals surface area contributed by atoms with E-state index in [1.165, 1.54) is 19.3 Å². The van der Waals surface area contributed by atoms with E-state index in [0.29, 0.717) is 0 Å². The Morgan fingerprint density at radius 1 is 1.33 bits per heavy atom. The second kappa shape index (κ2) is 5.94. The van der Waals surface area contributed by atoms with E-state index < -0.39 is 0 Å². The van der Waals surface area contributed by atoms with Gasteiger partial charge in [0.1, 0.15) is 0 Å². The topological polar surface area (TPSA) is 0 Å². The van der Waals surface area contributed by atoms with Crippen LogP contribution in [0.1, 0.15) is 26.2 Å². The van der Waals surface area contributed by atoms with Crippen LogP contribution in [-0.4, -0.2) is 0 Å². The number of unbranched alkanes of at least 4 members (excludes halogenated alkanes) is 2. The molecule has 0 atom stereocenters. The van der Waals surface area contributed by atoms with Gasteiger partial charge in [-0.3, -0.25) is 0 Å². The van der Waals surface area contributed by atoms with Gasteiger partial charge in [-0.15, -0.1) is 0 Å². The molecule has 0 radical (unpaired) electrons. The summed E-state index contributed by atoms with van der Waals surface area (Å²) in [6.45, 7) is 2.25. The molecule has 0 unspecified atom stereocenters. The van der Waals surface area contributed by atoms with Gasteiger partial charge in [-0.2, -0.15) is 0 Å². The molecule has 0 aromatic carbocycles. The Morgan fingerprint density at radius 2 is 2.00 bits per heavy atom. The average molecular weight is 272 g/mol. The number of hydrogen-bond acceptors (Lipinski definition) is 0. The van der Waals surface area contributed by atoms with Crippen LogP contribution in [0.2, 0.25) is 3.93 Å². The first-order valence-electron chi connectivity index (χ1n) is 2.71. The molecule has 0 N–H and O–H groups in total. The average Bonchev–Trinajstić information content (AvgIpc) is 1.61. The van der Waals surface area contributed by atoms with Crippen LogP contribution in [0, 0.1) is 0 Å². The fourth-order valence-corrected chi connectivity index (χ4v) is 1.80. The van der Waals surface area contributed by atoms with Crippen molar-refractivity contribution in [1.82, 2.24) is 0 Å². The Morgan fingerprint density at radius 3 is 2.17 bits per heavy atom. The predicted molar refractivity (Wildman–Crippen MR) is 24.3 cm³/mol. The van der Waals surface area contributed by atoms with E-state index in [1.807, 2.05) is 0 Å². The van der Waals surface area contributed by atoms with Crippen LogP contribution in [0.15, 0.2) is 0 Å². The van der Waals surface area contributed by atoms with Crippen molar-refractivity contribution < 1.29 is 26.1 Å². The van der Waals surface area contributed by atoms with E-state index in [1.54, 1.807) is 3.93 Å². The van der Waals surface area contributed by atoms with E-state index in [2.05, 4.69) is 6.92 Å². The zero-order valence-electron chi connectivity index (χ0n) is 4.54. The van der Waals surface area contributed by atoms with Crippen molar-refractivity contribution in [2.45, 2.75) is 30.1 Å². The summed E-state index contributed by atoms with van der Waals surface area (Å²) in [6.07, 6.45) is 4.35. The summed E-state index contributed by atoms with van der Waals surface area (Å²) in [5, 5.41) is 0. The second-order valence-electron chi connectivity index (χ2n) is 1.56. The molecular formula is C5H11Hg. The van der Waals surface area contributed by atoms with Crippen molar-refractivity contribution in [3.63, 3.8) is 0 Å². The molecule has 0 aromatic heterocycles. The summed E-state index contributed by atoms with van der Waals surface area (Å²) in [7, 11) is 0. The molecule has 0 rings (SSSR count). The molecule has 0 saturated carbocycles. The van der Waals surface area contributed by atoms with Crippen molar-refractivity contribution in [3.8, 4) is 0 Å². The number of rotatable bonds is 3. The first kappa shape index (κ1) is 6.94. The predicted octanol–water partition coefficient (Wildman–Crippen LogP) is 2.14. The summed E-state index contributed by atoms with van der Waals surface area (Å²) < 4.78 is 1.55. The molecular weight excluding hydrogens is 261 g/mol. The molecule has 0 nitrogen and oxygen atoms in total. The minimum absolute atomic E-state index is 1.07. The summed E-state index contributed by atoms with van der Waals surface area (Å²) in [6, 6.07) is 0. The van der Waals surface area contributed by atoms with Gasteiger partial charge in [-0.05, 0) is 0 Å². The van der Waals surface area contributed by atoms with Crippen LogP contribution in [0.25, 0.3) is 0 Å². The van der Waals surface area contributed by atoms with Gasteiger partial charge < -0.3 is 0 Å². The van der Waals surface area contributed by atoms with E-state index in [0.717, 1.165) is 26.1 Å². The molecule has 33 valence electrons. The zero-order chi connectivity index (χ0) is 4.83. The molecule has 0 saturated heterocycles. The minimum atomic E-state index is 1.07. The molecule has 1 heteroatoms. The Labute approximate surface area is 56.3 Å². The van der Waals surface area contributed by atoms with E-state index in [4.69, 9.17) is 0 Å². The summed E-state index contributed by atoms with van der Waals surface area (Å²) >= 11 is 1.07. The Bertz CT molecular complexity index is 15.9. The molecule has 0 aliphatic carbocycles. The van der Waals surface area contributed by atoms with Crippen LogP contribution in [0.4, 0.5) is 0 Å². The SMILES string of the molecule is CCCC[CH2][Hg]. The fourth-order valence-electron chi connectivity index (χ4n) is 0.427.